The Morgan fingerprint density at radius 2 is 1.36 bits per heavy atom. The summed E-state index contributed by atoms with van der Waals surface area (Å²) in [5, 5.41) is 17.2. The largest absolute Gasteiger partial charge is 0.465 e. The van der Waals surface area contributed by atoms with E-state index in [0.717, 1.165) is 46.5 Å². The summed E-state index contributed by atoms with van der Waals surface area (Å²) < 4.78 is 14.9. The first-order chi connectivity index (χ1) is 26.5. The highest BCUT2D eigenvalue weighted by Gasteiger charge is 2.36. The molecule has 2 aromatic heterocycles. The number of hydrogen-bond acceptors (Lipinski definition) is 9. The molecular weight excluding hydrogens is 708 g/mol. The molecule has 1 fully saturated rings. The van der Waals surface area contributed by atoms with Crippen LogP contribution >= 0.6 is 0 Å². The van der Waals surface area contributed by atoms with Crippen molar-refractivity contribution >= 4 is 24.0 Å². The number of amides is 4. The van der Waals surface area contributed by atoms with E-state index in [9.17, 15) is 24.3 Å². The number of carbonyl (C=O) groups excluding carboxylic acids is 3. The van der Waals surface area contributed by atoms with Crippen LogP contribution in [0.15, 0.2) is 60.9 Å². The summed E-state index contributed by atoms with van der Waals surface area (Å²) in [5.74, 6) is 0.598. The smallest absolute Gasteiger partial charge is 0.407 e. The number of rotatable bonds is 17. The highest BCUT2D eigenvalue weighted by molar-refractivity contribution is 5.86. The van der Waals surface area contributed by atoms with Gasteiger partial charge in [0.05, 0.1) is 43.0 Å². The van der Waals surface area contributed by atoms with Gasteiger partial charge in [-0.1, -0.05) is 62.4 Å². The Kier molecular flexibility index (Phi) is 14.0. The Labute approximate surface area is 319 Å². The molecule has 4 atom stereocenters. The molecule has 0 spiro atoms. The Balaban J connectivity index is 1.24. The highest BCUT2D eigenvalue weighted by Crippen LogP contribution is 2.33. The van der Waals surface area contributed by atoms with E-state index in [0.29, 0.717) is 18.2 Å². The van der Waals surface area contributed by atoms with Crippen LogP contribution < -0.4 is 16.0 Å². The first kappa shape index (κ1) is 40.4. The topological polar surface area (TPSA) is 213 Å². The van der Waals surface area contributed by atoms with Crippen LogP contribution in [0.1, 0.15) is 63.3 Å². The minimum absolute atomic E-state index is 0.00330. The van der Waals surface area contributed by atoms with Gasteiger partial charge in [-0.15, -0.1) is 0 Å². The molecule has 16 heteroatoms. The van der Waals surface area contributed by atoms with Crippen LogP contribution in [0.4, 0.5) is 9.59 Å². The second-order valence-corrected chi connectivity index (χ2v) is 13.7. The molecule has 0 radical (unpaired) electrons. The average Bonchev–Trinajstić information content (AvgIpc) is 3.98. The zero-order valence-electron chi connectivity index (χ0n) is 31.8. The van der Waals surface area contributed by atoms with Crippen molar-refractivity contribution < 1.29 is 38.5 Å². The van der Waals surface area contributed by atoms with Crippen LogP contribution in [0.2, 0.25) is 0 Å². The number of hydrogen-bond donors (Lipinski definition) is 6. The van der Waals surface area contributed by atoms with Crippen molar-refractivity contribution in [1.29, 1.82) is 0 Å². The van der Waals surface area contributed by atoms with Gasteiger partial charge in [-0.25, -0.2) is 19.6 Å². The van der Waals surface area contributed by atoms with Crippen molar-refractivity contribution in [2.75, 3.05) is 41.1 Å². The minimum Gasteiger partial charge on any atom is -0.465 e. The molecule has 3 heterocycles. The number of ether oxygens (including phenoxy) is 3. The summed E-state index contributed by atoms with van der Waals surface area (Å²) in [6, 6.07) is 13.7. The Hall–Kier alpha value is -5.74. The quantitative estimate of drug-likeness (QED) is 0.0844. The van der Waals surface area contributed by atoms with Crippen LogP contribution in [0, 0.1) is 5.92 Å². The number of H-pyrrole nitrogens is 2. The monoisotopic (exact) mass is 758 g/mol. The lowest BCUT2D eigenvalue weighted by Crippen LogP contribution is -2.49. The average molecular weight is 759 g/mol. The summed E-state index contributed by atoms with van der Waals surface area (Å²) in [6.45, 7) is 5.01. The molecule has 0 bridgehead atoms. The maximum absolute atomic E-state index is 13.4. The van der Waals surface area contributed by atoms with Crippen molar-refractivity contribution in [2.24, 2.45) is 5.92 Å². The van der Waals surface area contributed by atoms with Gasteiger partial charge < -0.3 is 50.1 Å². The van der Waals surface area contributed by atoms with Gasteiger partial charge in [0.25, 0.3) is 0 Å². The maximum Gasteiger partial charge on any atom is 0.407 e. The predicted octanol–water partition coefficient (Wildman–Crippen LogP) is 5.04. The number of carboxylic acid groups (broad SMARTS) is 1. The maximum atomic E-state index is 13.4. The fourth-order valence-electron chi connectivity index (χ4n) is 6.65. The van der Waals surface area contributed by atoms with Crippen molar-refractivity contribution in [2.45, 2.75) is 63.7 Å². The number of nitrogens with one attached hydrogen (secondary N) is 5. The van der Waals surface area contributed by atoms with E-state index >= 15 is 0 Å². The molecule has 16 nitrogen and oxygen atoms in total. The zero-order valence-corrected chi connectivity index (χ0v) is 31.8. The molecule has 55 heavy (non-hydrogen) atoms. The van der Waals surface area contributed by atoms with E-state index in [-0.39, 0.29) is 49.8 Å². The Bertz CT molecular complexity index is 1890. The summed E-state index contributed by atoms with van der Waals surface area (Å²) in [4.78, 5) is 67.4. The second-order valence-electron chi connectivity index (χ2n) is 13.7. The second kappa shape index (κ2) is 19.0. The van der Waals surface area contributed by atoms with Gasteiger partial charge in [-0.05, 0) is 41.0 Å². The number of carbonyl (C=O) groups is 4. The number of aromatic amines is 2. The van der Waals surface area contributed by atoms with Gasteiger partial charge in [0.1, 0.15) is 23.7 Å². The number of methoxy groups -OCH3 is 3. The number of aromatic nitrogens is 4. The van der Waals surface area contributed by atoms with E-state index in [2.05, 4.69) is 40.6 Å². The van der Waals surface area contributed by atoms with Crippen molar-refractivity contribution in [1.82, 2.24) is 40.8 Å². The molecule has 294 valence electrons. The van der Waals surface area contributed by atoms with E-state index in [1.807, 2.05) is 62.4 Å². The molecular formula is C39H50N8O8. The molecule has 4 aromatic rings. The minimum atomic E-state index is -1.25. The van der Waals surface area contributed by atoms with Crippen LogP contribution in [-0.2, 0) is 23.8 Å². The molecule has 0 saturated carbocycles. The third-order valence-corrected chi connectivity index (χ3v) is 9.64. The van der Waals surface area contributed by atoms with Crippen molar-refractivity contribution in [3.8, 4) is 33.6 Å². The van der Waals surface area contributed by atoms with Crippen LogP contribution in [0.5, 0.6) is 0 Å². The molecule has 1 aliphatic rings. The molecule has 1 saturated heterocycles. The van der Waals surface area contributed by atoms with Crippen LogP contribution in [0.25, 0.3) is 33.6 Å². The first-order valence-electron chi connectivity index (χ1n) is 18.3. The molecule has 2 aromatic carbocycles. The normalized spacial score (nSPS) is 15.7. The van der Waals surface area contributed by atoms with Gasteiger partial charge in [0.15, 0.2) is 0 Å². The molecule has 0 aliphatic carbocycles. The summed E-state index contributed by atoms with van der Waals surface area (Å²) >= 11 is 0. The van der Waals surface area contributed by atoms with E-state index in [1.54, 1.807) is 17.3 Å². The lowest BCUT2D eigenvalue weighted by atomic mass is 10.0. The lowest BCUT2D eigenvalue weighted by molar-refractivity contribution is -0.135. The van der Waals surface area contributed by atoms with E-state index < -0.39 is 30.3 Å². The zero-order chi connectivity index (χ0) is 39.5. The number of alkyl carbamates (subject to hydrolysis) is 1. The van der Waals surface area contributed by atoms with Crippen LogP contribution in [0.3, 0.4) is 0 Å². The SMILES string of the molecule is COCC[C@H](NC(=O)OC)C(=O)N[C@@H](c1ncc(-c2ccc(-c3ccc(-c4cnc([C@@H]5CCCN5C(=O)[C@H](CCOC)NC(=O)O)[nH]4)cc3)cc2)[nH]1)C(C)C. The van der Waals surface area contributed by atoms with Crippen molar-refractivity contribution in [3.63, 3.8) is 0 Å². The van der Waals surface area contributed by atoms with Gasteiger partial charge in [0.2, 0.25) is 11.8 Å². The number of nitrogens with zero attached hydrogens (tertiary/aromatic N) is 3. The fraction of sp³-hybridized carbons (Fsp3) is 0.436. The van der Waals surface area contributed by atoms with E-state index in [4.69, 9.17) is 9.47 Å². The fourth-order valence-corrected chi connectivity index (χ4v) is 6.65. The molecule has 0 unspecified atom stereocenters. The van der Waals surface area contributed by atoms with Crippen molar-refractivity contribution in [3.05, 3.63) is 72.6 Å². The molecule has 5 rings (SSSR count). The lowest BCUT2D eigenvalue weighted by Gasteiger charge is -2.27. The highest BCUT2D eigenvalue weighted by atomic mass is 16.5. The Morgan fingerprint density at radius 1 is 0.800 bits per heavy atom. The van der Waals surface area contributed by atoms with Gasteiger partial charge >= 0.3 is 12.2 Å². The molecule has 1 aliphatic heterocycles. The summed E-state index contributed by atoms with van der Waals surface area (Å²) in [6.07, 6.45) is 3.57. The third-order valence-electron chi connectivity index (χ3n) is 9.64. The van der Waals surface area contributed by atoms with Gasteiger partial charge in [-0.3, -0.25) is 9.59 Å². The van der Waals surface area contributed by atoms with E-state index in [1.165, 1.54) is 21.3 Å². The third kappa shape index (κ3) is 10.3. The predicted molar refractivity (Wildman–Crippen MR) is 204 cm³/mol. The standard InChI is InChI=1S/C39H50N8O8/c1-23(2)33(46-36(48)28(16-19-53-3)45-39(52)55-5)35-41-22-31(43-35)27-14-10-25(11-15-27)24-8-12-26(13-9-24)30-21-40-34(42-30)32-7-6-18-47(32)37(49)29(17-20-54-4)44-38(50)51/h8-15,21-23,28-29,32-33,44H,6-7,16-20H2,1-5H3,(H,40,42)(H,41,43)(H,45,52)(H,46,48)(H,50,51)/t28-,29-,32-,33+/m0/s1. The Morgan fingerprint density at radius 3 is 1.93 bits per heavy atom. The van der Waals surface area contributed by atoms with Gasteiger partial charge in [0, 0.05) is 46.8 Å². The first-order valence-corrected chi connectivity index (χ1v) is 18.3. The number of imidazole rings is 2. The number of likely N-dealkylation sites (tertiary alicyclic amines) is 1. The summed E-state index contributed by atoms with van der Waals surface area (Å²) in [7, 11) is 4.28. The van der Waals surface area contributed by atoms with Crippen LogP contribution in [-0.4, -0.2) is 107 Å². The number of benzene rings is 2. The molecule has 6 N–H and O–H groups in total. The van der Waals surface area contributed by atoms with Gasteiger partial charge in [-0.2, -0.15) is 0 Å². The summed E-state index contributed by atoms with van der Waals surface area (Å²) in [5.41, 5.74) is 5.50. The molecule has 4 amide bonds.